The normalized spacial score (nSPS) is 16.2. The summed E-state index contributed by atoms with van der Waals surface area (Å²) in [5.74, 6) is 1.35. The molecule has 1 aliphatic rings. The summed E-state index contributed by atoms with van der Waals surface area (Å²) in [4.78, 5) is 19.0. The number of amides is 1. The number of rotatable bonds is 7. The van der Waals surface area contributed by atoms with Gasteiger partial charge in [0, 0.05) is 18.5 Å². The van der Waals surface area contributed by atoms with Crippen molar-refractivity contribution in [2.24, 2.45) is 5.92 Å². The number of aryl methyl sites for hydroxylation is 1. The Hall–Kier alpha value is -2.14. The van der Waals surface area contributed by atoms with Crippen molar-refractivity contribution >= 4 is 5.91 Å². The van der Waals surface area contributed by atoms with Gasteiger partial charge in [-0.25, -0.2) is 0 Å². The lowest BCUT2D eigenvalue weighted by Gasteiger charge is -2.31. The Morgan fingerprint density at radius 1 is 1.25 bits per heavy atom. The van der Waals surface area contributed by atoms with E-state index >= 15 is 0 Å². The molecular formula is C19H25N3O2. The smallest absolute Gasteiger partial charge is 0.223 e. The van der Waals surface area contributed by atoms with Crippen molar-refractivity contribution in [2.75, 3.05) is 19.6 Å². The van der Waals surface area contributed by atoms with Crippen molar-refractivity contribution < 1.29 is 9.21 Å². The first-order valence-electron chi connectivity index (χ1n) is 8.73. The van der Waals surface area contributed by atoms with Crippen LogP contribution in [0.1, 0.15) is 30.7 Å². The quantitative estimate of drug-likeness (QED) is 0.849. The number of aromatic nitrogens is 1. The van der Waals surface area contributed by atoms with Crippen LogP contribution in [-0.4, -0.2) is 35.4 Å². The summed E-state index contributed by atoms with van der Waals surface area (Å²) < 4.78 is 5.36. The zero-order chi connectivity index (χ0) is 16.6. The zero-order valence-corrected chi connectivity index (χ0v) is 14.0. The van der Waals surface area contributed by atoms with Crippen molar-refractivity contribution in [1.82, 2.24) is 15.2 Å². The summed E-state index contributed by atoms with van der Waals surface area (Å²) in [5.41, 5.74) is 0.904. The molecule has 5 nitrogen and oxygen atoms in total. The molecule has 0 unspecified atom stereocenters. The lowest BCUT2D eigenvalue weighted by molar-refractivity contribution is -0.126. The average molecular weight is 327 g/mol. The Morgan fingerprint density at radius 3 is 2.83 bits per heavy atom. The predicted octanol–water partition coefficient (Wildman–Crippen LogP) is 2.64. The monoisotopic (exact) mass is 327 g/mol. The maximum Gasteiger partial charge on any atom is 0.223 e. The van der Waals surface area contributed by atoms with E-state index in [1.165, 1.54) is 0 Å². The number of nitrogens with zero attached hydrogens (tertiary/aromatic N) is 2. The molecule has 1 saturated heterocycles. The van der Waals surface area contributed by atoms with Gasteiger partial charge in [0.05, 0.1) is 18.5 Å². The van der Waals surface area contributed by atoms with Gasteiger partial charge < -0.3 is 14.6 Å². The summed E-state index contributed by atoms with van der Waals surface area (Å²) >= 11 is 0. The summed E-state index contributed by atoms with van der Waals surface area (Å²) in [6.45, 7) is 3.59. The standard InChI is InChI=1S/C19H25N3O2/c23-19(21-15-17-5-1-2-10-20-17)16-8-12-22(13-9-16)11-3-6-18-7-4-14-24-18/h1-2,4-5,7,10,14,16H,3,6,8-9,11-13,15H2,(H,21,23). The van der Waals surface area contributed by atoms with E-state index in [0.29, 0.717) is 6.54 Å². The molecule has 0 atom stereocenters. The highest BCUT2D eigenvalue weighted by Gasteiger charge is 2.24. The number of carbonyl (C=O) groups excluding carboxylic acids is 1. The molecular weight excluding hydrogens is 302 g/mol. The molecule has 0 bridgehead atoms. The van der Waals surface area contributed by atoms with Gasteiger partial charge in [0.25, 0.3) is 0 Å². The molecule has 0 radical (unpaired) electrons. The SMILES string of the molecule is O=C(NCc1ccccn1)C1CCN(CCCc2ccco2)CC1. The van der Waals surface area contributed by atoms with Gasteiger partial charge in [0.15, 0.2) is 0 Å². The Balaban J connectivity index is 1.33. The van der Waals surface area contributed by atoms with Crippen LogP contribution in [-0.2, 0) is 17.8 Å². The summed E-state index contributed by atoms with van der Waals surface area (Å²) in [6.07, 6.45) is 7.44. The predicted molar refractivity (Wildman–Crippen MR) is 92.3 cm³/mol. The van der Waals surface area contributed by atoms with Crippen LogP contribution >= 0.6 is 0 Å². The average Bonchev–Trinajstić information content (AvgIpc) is 3.15. The van der Waals surface area contributed by atoms with Gasteiger partial charge in [0.1, 0.15) is 5.76 Å². The first-order valence-corrected chi connectivity index (χ1v) is 8.73. The van der Waals surface area contributed by atoms with Crippen molar-refractivity contribution in [3.05, 3.63) is 54.2 Å². The molecule has 0 spiro atoms. The van der Waals surface area contributed by atoms with Crippen LogP contribution in [0.3, 0.4) is 0 Å². The van der Waals surface area contributed by atoms with Crippen molar-refractivity contribution in [3.8, 4) is 0 Å². The van der Waals surface area contributed by atoms with E-state index in [-0.39, 0.29) is 11.8 Å². The molecule has 128 valence electrons. The Labute approximate surface area is 143 Å². The topological polar surface area (TPSA) is 58.4 Å². The zero-order valence-electron chi connectivity index (χ0n) is 14.0. The van der Waals surface area contributed by atoms with Crippen LogP contribution in [0.25, 0.3) is 0 Å². The molecule has 0 saturated carbocycles. The molecule has 5 heteroatoms. The molecule has 0 aromatic carbocycles. The van der Waals surface area contributed by atoms with Crippen molar-refractivity contribution in [1.29, 1.82) is 0 Å². The highest BCUT2D eigenvalue weighted by atomic mass is 16.3. The first-order chi connectivity index (χ1) is 11.8. The molecule has 24 heavy (non-hydrogen) atoms. The third kappa shape index (κ3) is 4.93. The van der Waals surface area contributed by atoms with Crippen LogP contribution in [0.2, 0.25) is 0 Å². The Kier molecular flexibility index (Phi) is 6.01. The van der Waals surface area contributed by atoms with Crippen molar-refractivity contribution in [3.63, 3.8) is 0 Å². The molecule has 2 aromatic heterocycles. The van der Waals surface area contributed by atoms with E-state index in [2.05, 4.69) is 15.2 Å². The van der Waals surface area contributed by atoms with Gasteiger partial charge >= 0.3 is 0 Å². The summed E-state index contributed by atoms with van der Waals surface area (Å²) in [6, 6.07) is 9.72. The molecule has 0 aliphatic carbocycles. The lowest BCUT2D eigenvalue weighted by atomic mass is 9.95. The van der Waals surface area contributed by atoms with Crippen LogP contribution < -0.4 is 5.32 Å². The largest absolute Gasteiger partial charge is 0.469 e. The fourth-order valence-corrected chi connectivity index (χ4v) is 3.18. The Morgan fingerprint density at radius 2 is 2.12 bits per heavy atom. The second kappa shape index (κ2) is 8.64. The second-order valence-electron chi connectivity index (χ2n) is 6.34. The number of likely N-dealkylation sites (tertiary alicyclic amines) is 1. The van der Waals surface area contributed by atoms with Crippen LogP contribution in [0.4, 0.5) is 0 Å². The fourth-order valence-electron chi connectivity index (χ4n) is 3.18. The number of nitrogens with one attached hydrogen (secondary N) is 1. The van der Waals surface area contributed by atoms with E-state index in [9.17, 15) is 4.79 Å². The second-order valence-corrected chi connectivity index (χ2v) is 6.34. The van der Waals surface area contributed by atoms with Gasteiger partial charge in [-0.15, -0.1) is 0 Å². The third-order valence-corrected chi connectivity index (χ3v) is 4.61. The van der Waals surface area contributed by atoms with Gasteiger partial charge in [0.2, 0.25) is 5.91 Å². The Bertz CT molecular complexity index is 605. The minimum Gasteiger partial charge on any atom is -0.469 e. The lowest BCUT2D eigenvalue weighted by Crippen LogP contribution is -2.40. The van der Waals surface area contributed by atoms with Crippen molar-refractivity contribution in [2.45, 2.75) is 32.2 Å². The van der Waals surface area contributed by atoms with E-state index in [4.69, 9.17) is 4.42 Å². The maximum absolute atomic E-state index is 12.3. The third-order valence-electron chi connectivity index (χ3n) is 4.61. The molecule has 3 heterocycles. The molecule has 1 N–H and O–H groups in total. The van der Waals surface area contributed by atoms with E-state index in [1.54, 1.807) is 12.5 Å². The number of hydrogen-bond acceptors (Lipinski definition) is 4. The van der Waals surface area contributed by atoms with Crippen LogP contribution in [0.15, 0.2) is 47.2 Å². The number of furan rings is 1. The van der Waals surface area contributed by atoms with E-state index in [0.717, 1.165) is 56.8 Å². The molecule has 1 aliphatic heterocycles. The van der Waals surface area contributed by atoms with Gasteiger partial charge in [-0.3, -0.25) is 9.78 Å². The van der Waals surface area contributed by atoms with Crippen LogP contribution in [0.5, 0.6) is 0 Å². The maximum atomic E-state index is 12.3. The molecule has 3 rings (SSSR count). The fraction of sp³-hybridized carbons (Fsp3) is 0.474. The minimum atomic E-state index is 0.134. The number of carbonyl (C=O) groups is 1. The minimum absolute atomic E-state index is 0.134. The highest BCUT2D eigenvalue weighted by molar-refractivity contribution is 5.78. The van der Waals surface area contributed by atoms with Gasteiger partial charge in [-0.2, -0.15) is 0 Å². The highest BCUT2D eigenvalue weighted by Crippen LogP contribution is 2.18. The number of hydrogen-bond donors (Lipinski definition) is 1. The van der Waals surface area contributed by atoms with E-state index in [1.807, 2.05) is 30.3 Å². The van der Waals surface area contributed by atoms with Gasteiger partial charge in [-0.1, -0.05) is 6.07 Å². The summed E-state index contributed by atoms with van der Waals surface area (Å²) in [7, 11) is 0. The van der Waals surface area contributed by atoms with E-state index < -0.39 is 0 Å². The first kappa shape index (κ1) is 16.7. The summed E-state index contributed by atoms with van der Waals surface area (Å²) in [5, 5.41) is 3.01. The van der Waals surface area contributed by atoms with Crippen LogP contribution in [0, 0.1) is 5.92 Å². The molecule has 2 aromatic rings. The molecule has 1 fully saturated rings. The molecule has 1 amide bonds. The number of piperidine rings is 1. The number of pyridine rings is 1. The van der Waals surface area contributed by atoms with Gasteiger partial charge in [-0.05, 0) is 63.2 Å².